The molecule has 4 aromatic rings. The smallest absolute Gasteiger partial charge is 0.165 e. The summed E-state index contributed by atoms with van der Waals surface area (Å²) < 4.78 is 22.9. The van der Waals surface area contributed by atoms with E-state index in [1.807, 2.05) is 54.5 Å². The Morgan fingerprint density at radius 1 is 0.433 bits per heavy atom. The van der Waals surface area contributed by atoms with Gasteiger partial charge in [-0.25, -0.2) is 0 Å². The van der Waals surface area contributed by atoms with Gasteiger partial charge in [-0.05, 0) is 175 Å². The minimum atomic E-state index is -0.278. The third kappa shape index (κ3) is 20.9. The highest BCUT2D eigenvalue weighted by atomic mass is 16.5. The second-order valence-electron chi connectivity index (χ2n) is 27.4. The Kier molecular flexibility index (Phi) is 27.9. The lowest BCUT2D eigenvalue weighted by Gasteiger charge is -2.39. The van der Waals surface area contributed by atoms with Gasteiger partial charge in [0.1, 0.15) is 61.0 Å². The largest absolute Gasteiger partial charge is 0.490 e. The van der Waals surface area contributed by atoms with Crippen LogP contribution in [0.1, 0.15) is 197 Å². The monoisotopic (exact) mass is 1230 g/mol. The van der Waals surface area contributed by atoms with Gasteiger partial charge < -0.3 is 18.9 Å². The zero-order valence-electron chi connectivity index (χ0n) is 56.9. The summed E-state index contributed by atoms with van der Waals surface area (Å²) in [6.07, 6.45) is 21.2. The summed E-state index contributed by atoms with van der Waals surface area (Å²) in [5, 5.41) is 0. The first-order chi connectivity index (χ1) is 42.5. The molecule has 0 bridgehead atoms. The summed E-state index contributed by atoms with van der Waals surface area (Å²) >= 11 is 0. The van der Waals surface area contributed by atoms with Crippen LogP contribution in [0.3, 0.4) is 0 Å². The summed E-state index contributed by atoms with van der Waals surface area (Å²) in [6.45, 7) is 34.2. The van der Waals surface area contributed by atoms with Crippen molar-refractivity contribution in [2.24, 2.45) is 75.4 Å². The van der Waals surface area contributed by atoms with E-state index in [-0.39, 0.29) is 110 Å². The lowest BCUT2D eigenvalue weighted by Crippen LogP contribution is -2.38. The third-order valence-electron chi connectivity index (χ3n) is 18.8. The van der Waals surface area contributed by atoms with Crippen LogP contribution in [0.15, 0.2) is 146 Å². The standard InChI is InChI=1S/C46H62O6.C20H22O4.C13H20O/c1-29-13-11-23-45(7,8)41(29)39(47)27-31(3)33(5)43(49)35-15-19-37(20-16-35)51-25-26-52-38-21-17-36(18-22-38)44(50)34(6)32(4)28-40(48)42-30(2)14-12-24-46(42,9)10;1-3-19(21)15-5-9-17(10-6-15)23-13-14-24-18-11-7-16(8-12-18)20(22)4-2;1-5-7-11(14)12-10(2)8-6-9-13(12,3)4/h11-22,29-34,41-42H,23-28H2,1-10H3;5-12H,3-4,13-14H2,1-2H3;5-8,10,12H,9H2,1-4H3/b;;7-5+. The highest BCUT2D eigenvalue weighted by Crippen LogP contribution is 2.45. The van der Waals surface area contributed by atoms with Gasteiger partial charge in [-0.1, -0.05) is 146 Å². The Bertz CT molecular complexity index is 2950. The summed E-state index contributed by atoms with van der Waals surface area (Å²) in [5.74, 6) is 3.94. The number of carbonyl (C=O) groups excluding carboxylic acids is 7. The molecule has 486 valence electrons. The van der Waals surface area contributed by atoms with E-state index in [1.165, 1.54) is 0 Å². The molecule has 3 aliphatic carbocycles. The second kappa shape index (κ2) is 34.2. The Morgan fingerprint density at radius 3 is 0.956 bits per heavy atom. The molecule has 0 spiro atoms. The van der Waals surface area contributed by atoms with Crippen LogP contribution < -0.4 is 18.9 Å². The van der Waals surface area contributed by atoms with Gasteiger partial charge in [0.15, 0.2) is 28.9 Å². The maximum atomic E-state index is 13.3. The fourth-order valence-corrected chi connectivity index (χ4v) is 13.2. The molecule has 90 heavy (non-hydrogen) atoms. The van der Waals surface area contributed by atoms with E-state index in [0.29, 0.717) is 103 Å². The van der Waals surface area contributed by atoms with Crippen LogP contribution in [0.4, 0.5) is 0 Å². The number of hydrogen-bond donors (Lipinski definition) is 0. The number of carbonyl (C=O) groups is 7. The minimum absolute atomic E-state index is 0.0285. The Labute approximate surface area is 538 Å². The van der Waals surface area contributed by atoms with Gasteiger partial charge in [0.25, 0.3) is 0 Å². The molecule has 3 aliphatic rings. The van der Waals surface area contributed by atoms with E-state index < -0.39 is 0 Å². The first-order valence-electron chi connectivity index (χ1n) is 32.8. The first kappa shape index (κ1) is 73.5. The number of Topliss-reactive ketones (excluding diaryl/α,β-unsaturated/α-hetero) is 6. The number of benzene rings is 4. The number of ether oxygens (including phenoxy) is 4. The predicted octanol–water partition coefficient (Wildman–Crippen LogP) is 18.1. The van der Waals surface area contributed by atoms with Crippen molar-refractivity contribution < 1.29 is 52.5 Å². The Morgan fingerprint density at radius 2 is 0.700 bits per heavy atom. The van der Waals surface area contributed by atoms with E-state index >= 15 is 0 Å². The van der Waals surface area contributed by atoms with Crippen molar-refractivity contribution in [3.63, 3.8) is 0 Å². The Hall–Kier alpha value is -7.27. The SMILES string of the molecule is C/C=C/C(=O)C1C(C)C=CCC1(C)C.CC1C=CCC(C)(C)C1C(=O)CC(C)C(C)C(=O)c1ccc(OCCOc2ccc(C(=O)C(C)C(C)CC(=O)C3C(C)C=CCC3(C)C)cc2)cc1.CCC(=O)c1ccc(OCCOc2ccc(C(=O)CC)cc2)cc1. The maximum absolute atomic E-state index is 13.3. The molecule has 0 fully saturated rings. The van der Waals surface area contributed by atoms with Crippen molar-refractivity contribution in [2.45, 2.75) is 156 Å². The molecule has 0 amide bonds. The van der Waals surface area contributed by atoms with Gasteiger partial charge in [0, 0.05) is 77.5 Å². The lowest BCUT2D eigenvalue weighted by molar-refractivity contribution is -0.130. The first-order valence-corrected chi connectivity index (χ1v) is 32.8. The molecule has 10 unspecified atom stereocenters. The average Bonchev–Trinajstić information content (AvgIpc) is 0.884. The number of allylic oxidation sites excluding steroid dienone is 8. The van der Waals surface area contributed by atoms with Crippen molar-refractivity contribution in [1.82, 2.24) is 0 Å². The number of rotatable bonds is 28. The van der Waals surface area contributed by atoms with Crippen molar-refractivity contribution in [1.29, 1.82) is 0 Å². The molecule has 0 radical (unpaired) electrons. The summed E-state index contributed by atoms with van der Waals surface area (Å²) in [4.78, 5) is 88.3. The van der Waals surface area contributed by atoms with E-state index in [9.17, 15) is 33.6 Å². The molecule has 0 aliphatic heterocycles. The molecule has 7 rings (SSSR count). The third-order valence-corrected chi connectivity index (χ3v) is 18.8. The Balaban J connectivity index is 0.000000315. The fraction of sp³-hybridized carbons (Fsp3) is 0.506. The number of hydrogen-bond acceptors (Lipinski definition) is 11. The van der Waals surface area contributed by atoms with Crippen molar-refractivity contribution >= 4 is 40.5 Å². The van der Waals surface area contributed by atoms with E-state index in [4.69, 9.17) is 18.9 Å². The van der Waals surface area contributed by atoms with Crippen LogP contribution in [-0.2, 0) is 14.4 Å². The summed E-state index contributed by atoms with van der Waals surface area (Å²) in [5.41, 5.74) is 2.56. The highest BCUT2D eigenvalue weighted by molar-refractivity contribution is 5.99. The molecule has 11 heteroatoms. The van der Waals surface area contributed by atoms with E-state index in [1.54, 1.807) is 103 Å². The zero-order valence-corrected chi connectivity index (χ0v) is 56.9. The summed E-state index contributed by atoms with van der Waals surface area (Å²) in [6, 6.07) is 28.5. The molecule has 0 saturated carbocycles. The molecule has 4 aromatic carbocycles. The van der Waals surface area contributed by atoms with E-state index in [2.05, 4.69) is 98.8 Å². The summed E-state index contributed by atoms with van der Waals surface area (Å²) in [7, 11) is 0. The van der Waals surface area contributed by atoms with E-state index in [0.717, 1.165) is 19.3 Å². The van der Waals surface area contributed by atoms with Gasteiger partial charge in [0.05, 0.1) is 0 Å². The molecular formula is C79H104O11. The lowest BCUT2D eigenvalue weighted by atomic mass is 9.64. The molecule has 0 heterocycles. The van der Waals surface area contributed by atoms with Gasteiger partial charge in [-0.15, -0.1) is 0 Å². The van der Waals surface area contributed by atoms with Crippen LogP contribution in [-0.4, -0.2) is 66.9 Å². The van der Waals surface area contributed by atoms with Crippen LogP contribution >= 0.6 is 0 Å². The maximum Gasteiger partial charge on any atom is 0.165 e. The van der Waals surface area contributed by atoms with Crippen molar-refractivity contribution in [2.75, 3.05) is 26.4 Å². The predicted molar refractivity (Wildman–Crippen MR) is 362 cm³/mol. The molecule has 0 saturated heterocycles. The average molecular weight is 1230 g/mol. The molecule has 11 nitrogen and oxygen atoms in total. The van der Waals surface area contributed by atoms with Crippen molar-refractivity contribution in [3.05, 3.63) is 168 Å². The fourth-order valence-electron chi connectivity index (χ4n) is 13.2. The van der Waals surface area contributed by atoms with Gasteiger partial charge >= 0.3 is 0 Å². The van der Waals surface area contributed by atoms with Gasteiger partial charge in [-0.3, -0.25) is 33.6 Å². The van der Waals surface area contributed by atoms with Crippen LogP contribution in [0.5, 0.6) is 23.0 Å². The van der Waals surface area contributed by atoms with Gasteiger partial charge in [0.2, 0.25) is 0 Å². The van der Waals surface area contributed by atoms with Crippen LogP contribution in [0.2, 0.25) is 0 Å². The normalized spacial score (nSPS) is 21.6. The van der Waals surface area contributed by atoms with Crippen molar-refractivity contribution in [3.8, 4) is 23.0 Å². The zero-order chi connectivity index (χ0) is 66.5. The number of ketones is 7. The highest BCUT2D eigenvalue weighted by Gasteiger charge is 2.42. The van der Waals surface area contributed by atoms with Crippen LogP contribution in [0, 0.1) is 75.4 Å². The van der Waals surface area contributed by atoms with Gasteiger partial charge in [-0.2, -0.15) is 0 Å². The molecular weight excluding hydrogens is 1120 g/mol. The topological polar surface area (TPSA) is 156 Å². The quantitative estimate of drug-likeness (QED) is 0.0231. The minimum Gasteiger partial charge on any atom is -0.490 e. The van der Waals surface area contributed by atoms with Crippen LogP contribution in [0.25, 0.3) is 0 Å². The molecule has 0 aromatic heterocycles. The molecule has 0 N–H and O–H groups in total. The second-order valence-corrected chi connectivity index (χ2v) is 27.4. The molecule has 10 atom stereocenters.